The number of halogens is 1. The Kier molecular flexibility index (Phi) is 5.71. The molecule has 0 spiro atoms. The molecule has 3 aromatic heterocycles. The number of rotatable bonds is 8. The Hall–Kier alpha value is -3.00. The number of benzene rings is 1. The van der Waals surface area contributed by atoms with Crippen LogP contribution >= 0.6 is 11.3 Å². The smallest absolute Gasteiger partial charge is 0.261 e. The van der Waals surface area contributed by atoms with Crippen molar-refractivity contribution >= 4 is 27.5 Å². The van der Waals surface area contributed by atoms with Crippen LogP contribution in [0.5, 0.6) is 0 Å². The number of nitrogens with one attached hydrogen (secondary N) is 1. The molecule has 8 heteroatoms. The van der Waals surface area contributed by atoms with E-state index < -0.39 is 0 Å². The highest BCUT2D eigenvalue weighted by Crippen LogP contribution is 2.28. The van der Waals surface area contributed by atoms with Crippen molar-refractivity contribution in [3.63, 3.8) is 0 Å². The molecule has 1 aromatic carbocycles. The molecule has 0 radical (unpaired) electrons. The lowest BCUT2D eigenvalue weighted by Gasteiger charge is -2.05. The van der Waals surface area contributed by atoms with Gasteiger partial charge in [0.25, 0.3) is 5.91 Å². The van der Waals surface area contributed by atoms with Crippen molar-refractivity contribution in [1.29, 1.82) is 0 Å². The number of carbonyl (C=O) groups excluding carboxylic acids is 1. The first-order valence-corrected chi connectivity index (χ1v) is 10.4. The lowest BCUT2D eigenvalue weighted by atomic mass is 10.2. The number of imidazole rings is 1. The molecule has 0 fully saturated rings. The summed E-state index contributed by atoms with van der Waals surface area (Å²) in [6.45, 7) is 4.02. The van der Waals surface area contributed by atoms with Gasteiger partial charge in [-0.2, -0.15) is 5.10 Å². The second-order valence-electron chi connectivity index (χ2n) is 6.96. The summed E-state index contributed by atoms with van der Waals surface area (Å²) in [5.41, 5.74) is 1.85. The normalized spacial score (nSPS) is 11.2. The molecule has 0 aliphatic heterocycles. The maximum absolute atomic E-state index is 13.1. The number of hydrogen-bond donors (Lipinski definition) is 1. The first-order chi connectivity index (χ1) is 14.1. The number of aromatic nitrogens is 4. The molecule has 1 amide bonds. The molecule has 0 aliphatic rings. The Bertz CT molecular complexity index is 1100. The highest BCUT2D eigenvalue weighted by atomic mass is 32.1. The van der Waals surface area contributed by atoms with Crippen LogP contribution < -0.4 is 5.32 Å². The van der Waals surface area contributed by atoms with Crippen LogP contribution in [0.25, 0.3) is 10.2 Å². The Morgan fingerprint density at radius 3 is 2.83 bits per heavy atom. The molecule has 1 N–H and O–H groups in total. The van der Waals surface area contributed by atoms with Gasteiger partial charge in [-0.05, 0) is 43.5 Å². The second kappa shape index (κ2) is 8.57. The molecule has 0 unspecified atom stereocenters. The third-order valence-corrected chi connectivity index (χ3v) is 5.91. The molecule has 4 rings (SSSR count). The van der Waals surface area contributed by atoms with E-state index in [9.17, 15) is 9.18 Å². The predicted octanol–water partition coefficient (Wildman–Crippen LogP) is 4.00. The molecule has 3 heterocycles. The summed E-state index contributed by atoms with van der Waals surface area (Å²) in [4.78, 5) is 18.2. The van der Waals surface area contributed by atoms with Crippen LogP contribution in [0.15, 0.2) is 49.1 Å². The van der Waals surface area contributed by atoms with E-state index in [-0.39, 0.29) is 11.7 Å². The number of carbonyl (C=O) groups is 1. The number of amides is 1. The standard InChI is InChI=1S/C21H22FN5OS/c1-15-18-12-19(20(28)24-8-2-3-10-26-11-9-23-14-26)29-21(18)27(25-15)13-16-4-6-17(22)7-5-16/h4-7,9,11-12,14H,2-3,8,10,13H2,1H3,(H,24,28). The molecular formula is C21H22FN5OS. The van der Waals surface area contributed by atoms with Gasteiger partial charge in [-0.1, -0.05) is 12.1 Å². The molecule has 4 aromatic rings. The van der Waals surface area contributed by atoms with Gasteiger partial charge in [-0.3, -0.25) is 9.48 Å². The number of unbranched alkanes of at least 4 members (excludes halogenated alkanes) is 1. The third kappa shape index (κ3) is 4.54. The zero-order chi connectivity index (χ0) is 20.2. The van der Waals surface area contributed by atoms with Crippen molar-refractivity contribution in [3.05, 3.63) is 71.0 Å². The number of fused-ring (bicyclic) bond motifs is 1. The van der Waals surface area contributed by atoms with Crippen LogP contribution in [0, 0.1) is 12.7 Å². The average molecular weight is 412 g/mol. The summed E-state index contributed by atoms with van der Waals surface area (Å²) in [6.07, 6.45) is 7.39. The van der Waals surface area contributed by atoms with Crippen molar-refractivity contribution in [2.45, 2.75) is 32.9 Å². The van der Waals surface area contributed by atoms with Gasteiger partial charge in [-0.15, -0.1) is 11.3 Å². The SMILES string of the molecule is Cc1nn(Cc2ccc(F)cc2)c2sc(C(=O)NCCCCn3ccnc3)cc12. The van der Waals surface area contributed by atoms with E-state index in [0.29, 0.717) is 18.0 Å². The van der Waals surface area contributed by atoms with Gasteiger partial charge in [0.05, 0.1) is 23.4 Å². The molecule has 29 heavy (non-hydrogen) atoms. The van der Waals surface area contributed by atoms with Gasteiger partial charge < -0.3 is 9.88 Å². The van der Waals surface area contributed by atoms with Gasteiger partial charge in [0, 0.05) is 30.9 Å². The summed E-state index contributed by atoms with van der Waals surface area (Å²) in [5, 5.41) is 8.56. The van der Waals surface area contributed by atoms with E-state index in [2.05, 4.69) is 15.4 Å². The highest BCUT2D eigenvalue weighted by molar-refractivity contribution is 7.20. The van der Waals surface area contributed by atoms with Crippen LogP contribution in [0.4, 0.5) is 4.39 Å². The lowest BCUT2D eigenvalue weighted by molar-refractivity contribution is 0.0957. The van der Waals surface area contributed by atoms with E-state index in [1.165, 1.54) is 23.5 Å². The Morgan fingerprint density at radius 2 is 2.07 bits per heavy atom. The van der Waals surface area contributed by atoms with Crippen LogP contribution in [-0.4, -0.2) is 31.8 Å². The van der Waals surface area contributed by atoms with Gasteiger partial charge in [0.2, 0.25) is 0 Å². The lowest BCUT2D eigenvalue weighted by Crippen LogP contribution is -2.23. The fourth-order valence-electron chi connectivity index (χ4n) is 3.22. The monoisotopic (exact) mass is 411 g/mol. The van der Waals surface area contributed by atoms with Crippen LogP contribution in [0.2, 0.25) is 0 Å². The molecular weight excluding hydrogens is 389 g/mol. The summed E-state index contributed by atoms with van der Waals surface area (Å²) < 4.78 is 17.0. The predicted molar refractivity (Wildman–Crippen MR) is 112 cm³/mol. The van der Waals surface area contributed by atoms with Crippen molar-refractivity contribution in [2.75, 3.05) is 6.54 Å². The van der Waals surface area contributed by atoms with E-state index in [0.717, 1.165) is 40.9 Å². The van der Waals surface area contributed by atoms with E-state index in [4.69, 9.17) is 0 Å². The van der Waals surface area contributed by atoms with Crippen molar-refractivity contribution in [3.8, 4) is 0 Å². The first-order valence-electron chi connectivity index (χ1n) is 9.55. The highest BCUT2D eigenvalue weighted by Gasteiger charge is 2.16. The van der Waals surface area contributed by atoms with E-state index in [1.807, 2.05) is 28.4 Å². The molecule has 0 atom stereocenters. The quantitative estimate of drug-likeness (QED) is 0.446. The van der Waals surface area contributed by atoms with Gasteiger partial charge in [-0.25, -0.2) is 9.37 Å². The van der Waals surface area contributed by atoms with E-state index in [1.54, 1.807) is 24.7 Å². The molecule has 150 valence electrons. The fraction of sp³-hybridized carbons (Fsp3) is 0.286. The number of hydrogen-bond acceptors (Lipinski definition) is 4. The van der Waals surface area contributed by atoms with E-state index >= 15 is 0 Å². The minimum Gasteiger partial charge on any atom is -0.351 e. The Morgan fingerprint density at radius 1 is 1.24 bits per heavy atom. The summed E-state index contributed by atoms with van der Waals surface area (Å²) >= 11 is 1.44. The number of thiophene rings is 1. The van der Waals surface area contributed by atoms with Crippen LogP contribution in [0.1, 0.15) is 33.8 Å². The summed E-state index contributed by atoms with van der Waals surface area (Å²) in [7, 11) is 0. The van der Waals surface area contributed by atoms with Gasteiger partial charge in [0.15, 0.2) is 0 Å². The van der Waals surface area contributed by atoms with Crippen molar-refractivity contribution < 1.29 is 9.18 Å². The van der Waals surface area contributed by atoms with Crippen LogP contribution in [0.3, 0.4) is 0 Å². The maximum Gasteiger partial charge on any atom is 0.261 e. The Labute approximate surface area is 172 Å². The Balaban J connectivity index is 1.37. The van der Waals surface area contributed by atoms with Crippen LogP contribution in [-0.2, 0) is 13.1 Å². The minimum absolute atomic E-state index is 0.0541. The minimum atomic E-state index is -0.254. The molecule has 6 nitrogen and oxygen atoms in total. The molecule has 0 saturated carbocycles. The fourth-order valence-corrected chi connectivity index (χ4v) is 4.30. The molecule has 0 bridgehead atoms. The third-order valence-electron chi connectivity index (χ3n) is 4.76. The van der Waals surface area contributed by atoms with Crippen molar-refractivity contribution in [1.82, 2.24) is 24.6 Å². The molecule has 0 saturated heterocycles. The summed E-state index contributed by atoms with van der Waals surface area (Å²) in [6, 6.07) is 8.31. The molecule has 0 aliphatic carbocycles. The largest absolute Gasteiger partial charge is 0.351 e. The first kappa shape index (κ1) is 19.3. The van der Waals surface area contributed by atoms with Gasteiger partial charge >= 0.3 is 0 Å². The maximum atomic E-state index is 13.1. The topological polar surface area (TPSA) is 64.7 Å². The second-order valence-corrected chi connectivity index (χ2v) is 7.99. The number of aryl methyl sites for hydroxylation is 2. The van der Waals surface area contributed by atoms with Crippen molar-refractivity contribution in [2.24, 2.45) is 0 Å². The zero-order valence-electron chi connectivity index (χ0n) is 16.1. The zero-order valence-corrected chi connectivity index (χ0v) is 17.0. The number of nitrogens with zero attached hydrogens (tertiary/aromatic N) is 4. The van der Waals surface area contributed by atoms with Gasteiger partial charge in [0.1, 0.15) is 10.6 Å². The summed E-state index contributed by atoms with van der Waals surface area (Å²) in [5.74, 6) is -0.308. The average Bonchev–Trinajstić information content (AvgIpc) is 3.43.